The Balaban J connectivity index is 1.82. The first-order valence-electron chi connectivity index (χ1n) is 7.78. The molecule has 0 saturated carbocycles. The summed E-state index contributed by atoms with van der Waals surface area (Å²) >= 11 is 0. The smallest absolute Gasteiger partial charge is 0.344 e. The fourth-order valence-corrected chi connectivity index (χ4v) is 1.98. The molecule has 1 unspecified atom stereocenters. The van der Waals surface area contributed by atoms with Crippen LogP contribution in [0.5, 0.6) is 5.75 Å². The number of nitrogen functional groups attached to an aromatic ring is 1. The molecular weight excluding hydrogens is 338 g/mol. The van der Waals surface area contributed by atoms with Crippen LogP contribution in [0.25, 0.3) is 0 Å². The fraction of sp³-hybridized carbons (Fsp3) is 0.167. The SMILES string of the molecule is CC(Oc1ccc(CNC(=O)NC(=O)c2ccc(N)cc2)cc1)C(=O)O. The second-order valence-electron chi connectivity index (χ2n) is 5.50. The largest absolute Gasteiger partial charge is 0.479 e. The summed E-state index contributed by atoms with van der Waals surface area (Å²) < 4.78 is 5.21. The minimum Gasteiger partial charge on any atom is -0.479 e. The Bertz CT molecular complexity index is 787. The molecule has 0 aliphatic heterocycles. The van der Waals surface area contributed by atoms with E-state index in [0.717, 1.165) is 5.56 Å². The van der Waals surface area contributed by atoms with Crippen LogP contribution in [0.1, 0.15) is 22.8 Å². The molecule has 5 N–H and O–H groups in total. The molecular formula is C18H19N3O5. The van der Waals surface area contributed by atoms with Crippen LogP contribution in [0.15, 0.2) is 48.5 Å². The van der Waals surface area contributed by atoms with E-state index in [9.17, 15) is 14.4 Å². The summed E-state index contributed by atoms with van der Waals surface area (Å²) in [5, 5.41) is 13.6. The van der Waals surface area contributed by atoms with E-state index in [1.165, 1.54) is 19.1 Å². The van der Waals surface area contributed by atoms with Gasteiger partial charge in [0.05, 0.1) is 0 Å². The predicted molar refractivity (Wildman–Crippen MR) is 94.7 cm³/mol. The predicted octanol–water partition coefficient (Wildman–Crippen LogP) is 1.76. The number of anilines is 1. The average molecular weight is 357 g/mol. The fourth-order valence-electron chi connectivity index (χ4n) is 1.98. The number of nitrogens with two attached hydrogens (primary N) is 1. The number of nitrogens with one attached hydrogen (secondary N) is 2. The molecule has 0 fully saturated rings. The monoisotopic (exact) mass is 357 g/mol. The highest BCUT2D eigenvalue weighted by Gasteiger charge is 2.12. The van der Waals surface area contributed by atoms with Crippen LogP contribution in [0.4, 0.5) is 10.5 Å². The van der Waals surface area contributed by atoms with Crippen molar-refractivity contribution in [2.45, 2.75) is 19.6 Å². The number of hydrogen-bond acceptors (Lipinski definition) is 5. The van der Waals surface area contributed by atoms with Crippen molar-refractivity contribution in [1.29, 1.82) is 0 Å². The van der Waals surface area contributed by atoms with E-state index < -0.39 is 24.0 Å². The van der Waals surface area contributed by atoms with Crippen LogP contribution in [-0.2, 0) is 11.3 Å². The molecule has 8 heteroatoms. The molecule has 3 amide bonds. The summed E-state index contributed by atoms with van der Waals surface area (Å²) in [5.41, 5.74) is 7.15. The number of carboxylic acids is 1. The topological polar surface area (TPSA) is 131 Å². The van der Waals surface area contributed by atoms with Crippen LogP contribution in [-0.4, -0.2) is 29.1 Å². The molecule has 0 spiro atoms. The molecule has 0 radical (unpaired) electrons. The van der Waals surface area contributed by atoms with Crippen molar-refractivity contribution < 1.29 is 24.2 Å². The third-order valence-corrected chi connectivity index (χ3v) is 3.44. The first-order chi connectivity index (χ1) is 12.3. The number of aliphatic carboxylic acids is 1. The van der Waals surface area contributed by atoms with E-state index in [0.29, 0.717) is 17.0 Å². The summed E-state index contributed by atoms with van der Waals surface area (Å²) in [7, 11) is 0. The van der Waals surface area contributed by atoms with Crippen molar-refractivity contribution >= 4 is 23.6 Å². The lowest BCUT2D eigenvalue weighted by Gasteiger charge is -2.11. The van der Waals surface area contributed by atoms with Crippen molar-refractivity contribution in [3.8, 4) is 5.75 Å². The zero-order chi connectivity index (χ0) is 19.1. The number of amides is 3. The van der Waals surface area contributed by atoms with Crippen LogP contribution in [0.2, 0.25) is 0 Å². The molecule has 0 aromatic heterocycles. The molecule has 0 saturated heterocycles. The summed E-state index contributed by atoms with van der Waals surface area (Å²) in [5.74, 6) is -1.18. The van der Waals surface area contributed by atoms with E-state index in [2.05, 4.69) is 10.6 Å². The summed E-state index contributed by atoms with van der Waals surface area (Å²) in [6.45, 7) is 1.62. The van der Waals surface area contributed by atoms with Gasteiger partial charge in [-0.2, -0.15) is 0 Å². The van der Waals surface area contributed by atoms with Gasteiger partial charge in [0.25, 0.3) is 5.91 Å². The number of imide groups is 1. The second kappa shape index (κ2) is 8.52. The number of carbonyl (C=O) groups excluding carboxylic acids is 2. The van der Waals surface area contributed by atoms with Crippen molar-refractivity contribution in [1.82, 2.24) is 10.6 Å². The second-order valence-corrected chi connectivity index (χ2v) is 5.50. The van der Waals surface area contributed by atoms with Crippen molar-refractivity contribution in [3.63, 3.8) is 0 Å². The summed E-state index contributed by atoms with van der Waals surface area (Å²) in [6, 6.07) is 12.1. The van der Waals surface area contributed by atoms with Gasteiger partial charge in [-0.15, -0.1) is 0 Å². The maximum atomic E-state index is 11.9. The van der Waals surface area contributed by atoms with Gasteiger partial charge in [-0.25, -0.2) is 9.59 Å². The third-order valence-electron chi connectivity index (χ3n) is 3.44. The van der Waals surface area contributed by atoms with Gasteiger partial charge in [0.1, 0.15) is 5.75 Å². The highest BCUT2D eigenvalue weighted by atomic mass is 16.5. The molecule has 0 bridgehead atoms. The van der Waals surface area contributed by atoms with Crippen LogP contribution in [0, 0.1) is 0 Å². The Morgan fingerprint density at radius 1 is 1.08 bits per heavy atom. The van der Waals surface area contributed by atoms with Gasteiger partial charge < -0.3 is 20.9 Å². The molecule has 26 heavy (non-hydrogen) atoms. The Hall–Kier alpha value is -3.55. The van der Waals surface area contributed by atoms with Gasteiger partial charge in [-0.1, -0.05) is 12.1 Å². The van der Waals surface area contributed by atoms with Gasteiger partial charge in [0.15, 0.2) is 6.10 Å². The molecule has 2 aromatic carbocycles. The number of ether oxygens (including phenoxy) is 1. The van der Waals surface area contributed by atoms with Gasteiger partial charge in [-0.05, 0) is 48.9 Å². The third kappa shape index (κ3) is 5.52. The van der Waals surface area contributed by atoms with Crippen molar-refractivity contribution in [2.75, 3.05) is 5.73 Å². The Kier molecular flexibility index (Phi) is 6.15. The van der Waals surface area contributed by atoms with E-state index in [1.54, 1.807) is 36.4 Å². The van der Waals surface area contributed by atoms with Crippen LogP contribution < -0.4 is 21.1 Å². The number of carbonyl (C=O) groups is 3. The van der Waals surface area contributed by atoms with E-state index in [4.69, 9.17) is 15.6 Å². The maximum Gasteiger partial charge on any atom is 0.344 e. The number of carboxylic acid groups (broad SMARTS) is 1. The van der Waals surface area contributed by atoms with Gasteiger partial charge in [0, 0.05) is 17.8 Å². The first-order valence-corrected chi connectivity index (χ1v) is 7.78. The van der Waals surface area contributed by atoms with Gasteiger partial charge in [-0.3, -0.25) is 10.1 Å². The molecule has 2 rings (SSSR count). The average Bonchev–Trinajstić information content (AvgIpc) is 2.61. The van der Waals surface area contributed by atoms with Crippen molar-refractivity contribution in [2.24, 2.45) is 0 Å². The Labute approximate surface area is 150 Å². The molecule has 0 aliphatic rings. The van der Waals surface area contributed by atoms with E-state index >= 15 is 0 Å². The van der Waals surface area contributed by atoms with Gasteiger partial charge >= 0.3 is 12.0 Å². The number of rotatable bonds is 6. The van der Waals surface area contributed by atoms with Crippen LogP contribution in [0.3, 0.4) is 0 Å². The lowest BCUT2D eigenvalue weighted by atomic mass is 10.2. The summed E-state index contributed by atoms with van der Waals surface area (Å²) in [4.78, 5) is 34.4. The van der Waals surface area contributed by atoms with Crippen LogP contribution >= 0.6 is 0 Å². The zero-order valence-corrected chi connectivity index (χ0v) is 14.1. The molecule has 0 aliphatic carbocycles. The number of hydrogen-bond donors (Lipinski definition) is 4. The van der Waals surface area contributed by atoms with E-state index in [1.807, 2.05) is 0 Å². The summed E-state index contributed by atoms with van der Waals surface area (Å²) in [6.07, 6.45) is -0.955. The minimum absolute atomic E-state index is 0.190. The number of urea groups is 1. The molecule has 136 valence electrons. The highest BCUT2D eigenvalue weighted by Crippen LogP contribution is 2.14. The highest BCUT2D eigenvalue weighted by molar-refractivity contribution is 6.04. The maximum absolute atomic E-state index is 11.9. The Morgan fingerprint density at radius 3 is 2.27 bits per heavy atom. The zero-order valence-electron chi connectivity index (χ0n) is 14.1. The number of benzene rings is 2. The van der Waals surface area contributed by atoms with Gasteiger partial charge in [0.2, 0.25) is 0 Å². The standard InChI is InChI=1S/C18H19N3O5/c1-11(17(23)24)26-15-8-2-12(3-9-15)10-20-18(25)21-16(22)13-4-6-14(19)7-5-13/h2-9,11H,10,19H2,1H3,(H,23,24)(H2,20,21,22,25). The first kappa shape index (κ1) is 18.8. The quantitative estimate of drug-likeness (QED) is 0.583. The molecule has 1 atom stereocenters. The molecule has 0 heterocycles. The Morgan fingerprint density at radius 2 is 1.69 bits per heavy atom. The van der Waals surface area contributed by atoms with Crippen molar-refractivity contribution in [3.05, 3.63) is 59.7 Å². The molecule has 8 nitrogen and oxygen atoms in total. The normalized spacial score (nSPS) is 11.3. The lowest BCUT2D eigenvalue weighted by molar-refractivity contribution is -0.144. The minimum atomic E-state index is -1.06. The lowest BCUT2D eigenvalue weighted by Crippen LogP contribution is -2.39. The van der Waals surface area contributed by atoms with E-state index in [-0.39, 0.29) is 6.54 Å². The molecule has 2 aromatic rings.